The molecule has 0 aliphatic rings. The first-order valence-corrected chi connectivity index (χ1v) is 7.19. The summed E-state index contributed by atoms with van der Waals surface area (Å²) in [6.07, 6.45) is 11.8. The fourth-order valence-corrected chi connectivity index (χ4v) is 2.36. The predicted molar refractivity (Wildman–Crippen MR) is 90.7 cm³/mol. The van der Waals surface area contributed by atoms with Crippen LogP contribution in [-0.2, 0) is 0 Å². The lowest BCUT2D eigenvalue weighted by molar-refractivity contribution is 1.09. The third kappa shape index (κ3) is 3.42. The molecule has 0 radical (unpaired) electrons. The summed E-state index contributed by atoms with van der Waals surface area (Å²) in [5.74, 6) is 0. The summed E-state index contributed by atoms with van der Waals surface area (Å²) in [6, 6.07) is 9.81. The molecule has 1 aromatic carbocycles. The number of aromatic nitrogens is 2. The van der Waals surface area contributed by atoms with Crippen LogP contribution in [-0.4, -0.2) is 9.55 Å². The Morgan fingerprint density at radius 3 is 2.41 bits per heavy atom. The van der Waals surface area contributed by atoms with Gasteiger partial charge in [0.1, 0.15) is 0 Å². The molecular formula is C19H19N3. The SMILES string of the molecule is C\C=C(/C(C)=C\C(=C/C)n1ccnc1)c1ccc(C#N)cc1. The number of benzene rings is 1. The summed E-state index contributed by atoms with van der Waals surface area (Å²) in [7, 11) is 0. The Bertz CT molecular complexity index is 752. The van der Waals surface area contributed by atoms with E-state index in [1.54, 1.807) is 12.5 Å². The highest BCUT2D eigenvalue weighted by atomic mass is 15.0. The molecule has 0 unspecified atom stereocenters. The molecule has 0 saturated heterocycles. The van der Waals surface area contributed by atoms with Crippen molar-refractivity contribution >= 4 is 11.3 Å². The van der Waals surface area contributed by atoms with E-state index in [1.165, 1.54) is 0 Å². The average Bonchev–Trinajstić information content (AvgIpc) is 3.08. The quantitative estimate of drug-likeness (QED) is 0.768. The monoisotopic (exact) mass is 289 g/mol. The second-order valence-electron chi connectivity index (χ2n) is 4.90. The van der Waals surface area contributed by atoms with Crippen molar-refractivity contribution in [2.75, 3.05) is 0 Å². The Hall–Kier alpha value is -2.86. The Kier molecular flexibility index (Phi) is 5.11. The average molecular weight is 289 g/mol. The first-order valence-electron chi connectivity index (χ1n) is 7.19. The van der Waals surface area contributed by atoms with E-state index < -0.39 is 0 Å². The smallest absolute Gasteiger partial charge is 0.0991 e. The number of hydrogen-bond acceptors (Lipinski definition) is 2. The normalized spacial score (nSPS) is 13.1. The summed E-state index contributed by atoms with van der Waals surface area (Å²) in [6.45, 7) is 6.13. The van der Waals surface area contributed by atoms with Gasteiger partial charge in [0.05, 0.1) is 18.0 Å². The van der Waals surface area contributed by atoms with Crippen molar-refractivity contribution in [3.8, 4) is 6.07 Å². The number of rotatable bonds is 4. The van der Waals surface area contributed by atoms with Crippen molar-refractivity contribution in [1.82, 2.24) is 9.55 Å². The molecule has 0 aliphatic heterocycles. The largest absolute Gasteiger partial charge is 0.307 e. The Morgan fingerprint density at radius 2 is 1.91 bits per heavy atom. The Morgan fingerprint density at radius 1 is 1.18 bits per heavy atom. The number of nitrogens with zero attached hydrogens (tertiary/aromatic N) is 3. The van der Waals surface area contributed by atoms with E-state index in [1.807, 2.05) is 48.9 Å². The minimum absolute atomic E-state index is 0.674. The van der Waals surface area contributed by atoms with Gasteiger partial charge in [-0.1, -0.05) is 24.3 Å². The minimum Gasteiger partial charge on any atom is -0.307 e. The number of nitriles is 1. The van der Waals surface area contributed by atoms with Gasteiger partial charge in [0.25, 0.3) is 0 Å². The molecular weight excluding hydrogens is 270 g/mol. The van der Waals surface area contributed by atoms with Crippen LogP contribution >= 0.6 is 0 Å². The molecule has 22 heavy (non-hydrogen) atoms. The summed E-state index contributed by atoms with van der Waals surface area (Å²) >= 11 is 0. The first kappa shape index (κ1) is 15.5. The summed E-state index contributed by atoms with van der Waals surface area (Å²) in [4.78, 5) is 4.09. The summed E-state index contributed by atoms with van der Waals surface area (Å²) in [5, 5.41) is 8.90. The lowest BCUT2D eigenvalue weighted by Gasteiger charge is -2.10. The highest BCUT2D eigenvalue weighted by molar-refractivity contribution is 5.81. The lowest BCUT2D eigenvalue weighted by atomic mass is 9.97. The van der Waals surface area contributed by atoms with Crippen LogP contribution in [0.5, 0.6) is 0 Å². The van der Waals surface area contributed by atoms with Gasteiger partial charge in [0, 0.05) is 18.1 Å². The van der Waals surface area contributed by atoms with Crippen LogP contribution in [0.15, 0.2) is 66.8 Å². The van der Waals surface area contributed by atoms with Gasteiger partial charge in [-0.05, 0) is 55.7 Å². The highest BCUT2D eigenvalue weighted by Gasteiger charge is 2.05. The zero-order valence-corrected chi connectivity index (χ0v) is 13.1. The van der Waals surface area contributed by atoms with Crippen molar-refractivity contribution in [3.05, 3.63) is 77.9 Å². The fraction of sp³-hybridized carbons (Fsp3) is 0.158. The van der Waals surface area contributed by atoms with E-state index in [0.717, 1.165) is 22.4 Å². The van der Waals surface area contributed by atoms with Crippen LogP contribution in [0, 0.1) is 11.3 Å². The van der Waals surface area contributed by atoms with Crippen molar-refractivity contribution in [2.24, 2.45) is 0 Å². The molecule has 1 heterocycles. The molecule has 2 rings (SSSR count). The summed E-state index contributed by atoms with van der Waals surface area (Å²) in [5.41, 5.74) is 5.17. The molecule has 0 saturated carbocycles. The van der Waals surface area contributed by atoms with Gasteiger partial charge >= 0.3 is 0 Å². The molecule has 0 aliphatic carbocycles. The Balaban J connectivity index is 2.34. The van der Waals surface area contributed by atoms with Gasteiger partial charge in [0.15, 0.2) is 0 Å². The topological polar surface area (TPSA) is 41.6 Å². The zero-order chi connectivity index (χ0) is 15.9. The van der Waals surface area contributed by atoms with E-state index in [4.69, 9.17) is 5.26 Å². The maximum atomic E-state index is 8.90. The van der Waals surface area contributed by atoms with Crippen molar-refractivity contribution in [3.63, 3.8) is 0 Å². The number of imidazole rings is 1. The highest BCUT2D eigenvalue weighted by Crippen LogP contribution is 2.25. The number of allylic oxidation sites excluding steroid dienone is 6. The molecule has 0 spiro atoms. The number of hydrogen-bond donors (Lipinski definition) is 0. The molecule has 2 aromatic rings. The van der Waals surface area contributed by atoms with Gasteiger partial charge < -0.3 is 4.57 Å². The molecule has 0 fully saturated rings. The molecule has 110 valence electrons. The maximum Gasteiger partial charge on any atom is 0.0991 e. The molecule has 0 atom stereocenters. The second-order valence-corrected chi connectivity index (χ2v) is 4.90. The van der Waals surface area contributed by atoms with Crippen LogP contribution in [0.25, 0.3) is 11.3 Å². The van der Waals surface area contributed by atoms with Crippen molar-refractivity contribution in [2.45, 2.75) is 20.8 Å². The van der Waals surface area contributed by atoms with E-state index in [0.29, 0.717) is 5.56 Å². The second kappa shape index (κ2) is 7.24. The molecule has 0 amide bonds. The Labute approximate surface area is 131 Å². The van der Waals surface area contributed by atoms with Gasteiger partial charge in [-0.3, -0.25) is 0 Å². The van der Waals surface area contributed by atoms with Crippen molar-refractivity contribution in [1.29, 1.82) is 5.26 Å². The third-order valence-electron chi connectivity index (χ3n) is 3.50. The summed E-state index contributed by atoms with van der Waals surface area (Å²) < 4.78 is 1.98. The van der Waals surface area contributed by atoms with E-state index in [9.17, 15) is 0 Å². The molecule has 0 N–H and O–H groups in total. The maximum absolute atomic E-state index is 8.90. The fourth-order valence-electron chi connectivity index (χ4n) is 2.36. The molecule has 3 nitrogen and oxygen atoms in total. The lowest BCUT2D eigenvalue weighted by Crippen LogP contribution is -1.93. The van der Waals surface area contributed by atoms with Gasteiger partial charge in [-0.15, -0.1) is 0 Å². The van der Waals surface area contributed by atoms with Crippen LogP contribution in [0.3, 0.4) is 0 Å². The van der Waals surface area contributed by atoms with Crippen LogP contribution in [0.4, 0.5) is 0 Å². The standard InChI is InChI=1S/C19H19N3/c1-4-18(22-11-10-21-14-22)12-15(3)19(5-2)17-8-6-16(13-20)7-9-17/h4-12,14H,1-3H3/b15-12-,18-4+,19-5+. The van der Waals surface area contributed by atoms with Gasteiger partial charge in [-0.2, -0.15) is 5.26 Å². The van der Waals surface area contributed by atoms with Crippen LogP contribution in [0.1, 0.15) is 31.9 Å². The van der Waals surface area contributed by atoms with E-state index >= 15 is 0 Å². The van der Waals surface area contributed by atoms with Crippen molar-refractivity contribution < 1.29 is 0 Å². The predicted octanol–water partition coefficient (Wildman–Crippen LogP) is 4.67. The minimum atomic E-state index is 0.674. The molecule has 3 heteroatoms. The van der Waals surface area contributed by atoms with Crippen LogP contribution < -0.4 is 0 Å². The van der Waals surface area contributed by atoms with Gasteiger partial charge in [0.2, 0.25) is 0 Å². The van der Waals surface area contributed by atoms with E-state index in [2.05, 4.69) is 36.2 Å². The first-order chi connectivity index (χ1) is 10.7. The molecule has 1 aromatic heterocycles. The van der Waals surface area contributed by atoms with Crippen LogP contribution in [0.2, 0.25) is 0 Å². The van der Waals surface area contributed by atoms with E-state index in [-0.39, 0.29) is 0 Å². The van der Waals surface area contributed by atoms with Gasteiger partial charge in [-0.25, -0.2) is 4.98 Å². The molecule has 0 bridgehead atoms. The zero-order valence-electron chi connectivity index (χ0n) is 13.1. The third-order valence-corrected chi connectivity index (χ3v) is 3.50.